The SMILES string of the molecule is CC(=O)N1c2c(O)cccc2C23CCN4CCCC5(CCCC12CC5)C43. The number of phenols is 1. The number of rotatable bonds is 0. The number of benzene rings is 1. The summed E-state index contributed by atoms with van der Waals surface area (Å²) >= 11 is 0. The van der Waals surface area contributed by atoms with E-state index in [0.717, 1.165) is 31.5 Å². The molecule has 4 atom stereocenters. The molecule has 3 heterocycles. The summed E-state index contributed by atoms with van der Waals surface area (Å²) in [6.45, 7) is 4.05. The predicted molar refractivity (Wildman–Crippen MR) is 100 cm³/mol. The van der Waals surface area contributed by atoms with E-state index in [1.54, 1.807) is 13.0 Å². The van der Waals surface area contributed by atoms with Crippen molar-refractivity contribution in [1.29, 1.82) is 0 Å². The molecule has 4 heteroatoms. The van der Waals surface area contributed by atoms with Crippen LogP contribution in [0.3, 0.4) is 0 Å². The van der Waals surface area contributed by atoms with Crippen LogP contribution in [0.15, 0.2) is 18.2 Å². The van der Waals surface area contributed by atoms with Crippen molar-refractivity contribution in [3.05, 3.63) is 23.8 Å². The molecular weight excluding hydrogens is 324 g/mol. The molecule has 4 unspecified atom stereocenters. The van der Waals surface area contributed by atoms with E-state index < -0.39 is 0 Å². The van der Waals surface area contributed by atoms with Crippen molar-refractivity contribution in [2.24, 2.45) is 5.41 Å². The molecule has 3 aliphatic carbocycles. The van der Waals surface area contributed by atoms with Gasteiger partial charge in [0, 0.05) is 18.4 Å². The monoisotopic (exact) mass is 352 g/mol. The lowest BCUT2D eigenvalue weighted by atomic mass is 9.49. The van der Waals surface area contributed by atoms with Gasteiger partial charge >= 0.3 is 0 Å². The number of hydrogen-bond donors (Lipinski definition) is 1. The van der Waals surface area contributed by atoms with E-state index in [-0.39, 0.29) is 16.9 Å². The zero-order valence-electron chi connectivity index (χ0n) is 15.6. The van der Waals surface area contributed by atoms with Crippen molar-refractivity contribution < 1.29 is 9.90 Å². The fourth-order valence-electron chi connectivity index (χ4n) is 8.47. The van der Waals surface area contributed by atoms with Gasteiger partial charge in [0.2, 0.25) is 5.91 Å². The van der Waals surface area contributed by atoms with E-state index in [1.165, 1.54) is 44.2 Å². The van der Waals surface area contributed by atoms with E-state index in [0.29, 0.717) is 17.2 Å². The summed E-state index contributed by atoms with van der Waals surface area (Å²) in [6, 6.07) is 6.54. The summed E-state index contributed by atoms with van der Waals surface area (Å²) < 4.78 is 0. The Labute approximate surface area is 155 Å². The van der Waals surface area contributed by atoms with Gasteiger partial charge in [-0.15, -0.1) is 0 Å². The van der Waals surface area contributed by atoms with Gasteiger partial charge in [-0.1, -0.05) is 18.6 Å². The Kier molecular flexibility index (Phi) is 2.77. The molecule has 4 nitrogen and oxygen atoms in total. The van der Waals surface area contributed by atoms with Gasteiger partial charge in [-0.25, -0.2) is 0 Å². The highest BCUT2D eigenvalue weighted by Gasteiger charge is 2.75. The number of nitrogens with zero attached hydrogens (tertiary/aromatic N) is 2. The molecule has 3 aliphatic heterocycles. The minimum absolute atomic E-state index is 0.0158. The second-order valence-corrected chi connectivity index (χ2v) is 9.54. The van der Waals surface area contributed by atoms with Crippen LogP contribution in [0.25, 0.3) is 0 Å². The summed E-state index contributed by atoms with van der Waals surface area (Å²) in [6.07, 6.45) is 9.78. The van der Waals surface area contributed by atoms with Gasteiger partial charge in [-0.05, 0) is 75.1 Å². The number of carbonyl (C=O) groups excluding carboxylic acids is 1. The quantitative estimate of drug-likeness (QED) is 0.776. The molecule has 138 valence electrons. The van der Waals surface area contributed by atoms with Crippen LogP contribution in [0.5, 0.6) is 5.75 Å². The topological polar surface area (TPSA) is 43.8 Å². The third-order valence-corrected chi connectivity index (χ3v) is 8.92. The predicted octanol–water partition coefficient (Wildman–Crippen LogP) is 3.57. The fourth-order valence-corrected chi connectivity index (χ4v) is 8.47. The zero-order valence-corrected chi connectivity index (χ0v) is 15.6. The second kappa shape index (κ2) is 4.64. The Morgan fingerprint density at radius 1 is 1.08 bits per heavy atom. The van der Waals surface area contributed by atoms with Crippen molar-refractivity contribution in [3.63, 3.8) is 0 Å². The highest BCUT2D eigenvalue weighted by atomic mass is 16.3. The molecule has 0 aromatic heterocycles. The smallest absolute Gasteiger partial charge is 0.224 e. The highest BCUT2D eigenvalue weighted by molar-refractivity contribution is 5.99. The van der Waals surface area contributed by atoms with E-state index in [4.69, 9.17) is 0 Å². The number of carbonyl (C=O) groups is 1. The van der Waals surface area contributed by atoms with Crippen LogP contribution in [0, 0.1) is 5.41 Å². The van der Waals surface area contributed by atoms with Gasteiger partial charge in [0.15, 0.2) is 0 Å². The Balaban J connectivity index is 1.71. The van der Waals surface area contributed by atoms with Gasteiger partial charge in [-0.2, -0.15) is 0 Å². The lowest BCUT2D eigenvalue weighted by Crippen LogP contribution is -2.70. The van der Waals surface area contributed by atoms with Crippen LogP contribution in [-0.4, -0.2) is 40.6 Å². The van der Waals surface area contributed by atoms with Gasteiger partial charge in [0.25, 0.3) is 0 Å². The molecule has 1 aromatic rings. The van der Waals surface area contributed by atoms with Gasteiger partial charge in [-0.3, -0.25) is 9.69 Å². The maximum absolute atomic E-state index is 12.9. The number of piperidine rings is 1. The highest BCUT2D eigenvalue weighted by Crippen LogP contribution is 2.73. The Morgan fingerprint density at radius 2 is 1.92 bits per heavy atom. The maximum atomic E-state index is 12.9. The van der Waals surface area contributed by atoms with E-state index in [1.807, 2.05) is 6.07 Å². The summed E-state index contributed by atoms with van der Waals surface area (Å²) in [5.41, 5.74) is 2.42. The minimum atomic E-state index is -0.128. The van der Waals surface area contributed by atoms with E-state index in [2.05, 4.69) is 15.9 Å². The van der Waals surface area contributed by atoms with Crippen LogP contribution >= 0.6 is 0 Å². The molecule has 26 heavy (non-hydrogen) atoms. The van der Waals surface area contributed by atoms with Gasteiger partial charge in [0.05, 0.1) is 11.2 Å². The lowest BCUT2D eigenvalue weighted by Gasteiger charge is -2.61. The fraction of sp³-hybridized carbons (Fsp3) is 0.682. The number of amides is 1. The third kappa shape index (κ3) is 1.41. The van der Waals surface area contributed by atoms with Crippen molar-refractivity contribution in [2.75, 3.05) is 18.0 Å². The van der Waals surface area contributed by atoms with Gasteiger partial charge in [0.1, 0.15) is 5.75 Å². The molecule has 0 radical (unpaired) electrons. The van der Waals surface area contributed by atoms with Crippen molar-refractivity contribution in [2.45, 2.75) is 75.3 Å². The first-order chi connectivity index (χ1) is 12.6. The van der Waals surface area contributed by atoms with E-state index in [9.17, 15) is 9.90 Å². The number of fused-ring (bicyclic) bond motifs is 4. The molecule has 2 bridgehead atoms. The van der Waals surface area contributed by atoms with E-state index >= 15 is 0 Å². The second-order valence-electron chi connectivity index (χ2n) is 9.54. The van der Waals surface area contributed by atoms with Crippen LogP contribution in [0.4, 0.5) is 5.69 Å². The molecular formula is C22H28N2O2. The zero-order chi connectivity index (χ0) is 17.7. The third-order valence-electron chi connectivity index (χ3n) is 8.92. The average Bonchev–Trinajstić information content (AvgIpc) is 3.03. The van der Waals surface area contributed by atoms with Crippen LogP contribution in [0.1, 0.15) is 63.9 Å². The molecule has 3 spiro atoms. The summed E-state index contributed by atoms with van der Waals surface area (Å²) in [4.78, 5) is 17.8. The minimum Gasteiger partial charge on any atom is -0.506 e. The number of hydrogen-bond acceptors (Lipinski definition) is 3. The maximum Gasteiger partial charge on any atom is 0.224 e. The van der Waals surface area contributed by atoms with Crippen LogP contribution in [-0.2, 0) is 10.2 Å². The van der Waals surface area contributed by atoms with Crippen molar-refractivity contribution in [3.8, 4) is 5.75 Å². The van der Waals surface area contributed by atoms with Crippen molar-refractivity contribution >= 4 is 11.6 Å². The number of anilines is 1. The van der Waals surface area contributed by atoms with Crippen molar-refractivity contribution in [1.82, 2.24) is 4.90 Å². The standard InChI is InChI=1S/C22H28N2O2/c1-15(25)24-18-16(5-2-6-17(18)26)22-12-14-23-13-4-8-20(19(22)23)7-3-9-21(22,24)11-10-20/h2,5-6,19,26H,3-4,7-14H2,1H3. The Bertz CT molecular complexity index is 822. The average molecular weight is 352 g/mol. The summed E-state index contributed by atoms with van der Waals surface area (Å²) in [7, 11) is 0. The Morgan fingerprint density at radius 3 is 2.77 bits per heavy atom. The largest absolute Gasteiger partial charge is 0.506 e. The molecule has 1 aromatic carbocycles. The number of para-hydroxylation sites is 1. The molecule has 7 rings (SSSR count). The van der Waals surface area contributed by atoms with Gasteiger partial charge < -0.3 is 10.0 Å². The Hall–Kier alpha value is -1.55. The summed E-state index contributed by atoms with van der Waals surface area (Å²) in [5, 5.41) is 10.8. The molecule has 1 amide bonds. The first-order valence-corrected chi connectivity index (χ1v) is 10.4. The molecule has 3 saturated carbocycles. The summed E-state index contributed by atoms with van der Waals surface area (Å²) in [5.74, 6) is 0.398. The molecule has 1 N–H and O–H groups in total. The first kappa shape index (κ1) is 15.5. The lowest BCUT2D eigenvalue weighted by molar-refractivity contribution is -0.119. The molecule has 2 saturated heterocycles. The number of aromatic hydroxyl groups is 1. The van der Waals surface area contributed by atoms with Crippen LogP contribution in [0.2, 0.25) is 0 Å². The molecule has 6 aliphatic rings. The normalized spacial score (nSPS) is 43.0. The first-order valence-electron chi connectivity index (χ1n) is 10.4. The molecule has 5 fully saturated rings. The van der Waals surface area contributed by atoms with Crippen LogP contribution < -0.4 is 4.90 Å². The number of phenolic OH excluding ortho intramolecular Hbond substituents is 1.